The molecule has 3 rings (SSSR count). The van der Waals surface area contributed by atoms with Crippen molar-refractivity contribution in [1.82, 2.24) is 10.2 Å². The molecule has 1 atom stereocenters. The monoisotopic (exact) mass is 462 g/mol. The van der Waals surface area contributed by atoms with Gasteiger partial charge in [0, 0.05) is 18.3 Å². The van der Waals surface area contributed by atoms with Gasteiger partial charge in [0.25, 0.3) is 5.13 Å². The molecule has 0 radical (unpaired) electrons. The predicted molar refractivity (Wildman–Crippen MR) is 109 cm³/mol. The second-order valence-corrected chi connectivity index (χ2v) is 9.25. The molecule has 0 saturated carbocycles. The molecule has 8 nitrogen and oxygen atoms in total. The molecule has 0 fully saturated rings. The Labute approximate surface area is 176 Å². The number of hydrogen-bond acceptors (Lipinski definition) is 8. The van der Waals surface area contributed by atoms with Gasteiger partial charge in [0.05, 0.1) is 5.69 Å². The van der Waals surface area contributed by atoms with Crippen molar-refractivity contribution >= 4 is 43.6 Å². The molecule has 2 aromatic rings. The van der Waals surface area contributed by atoms with Crippen molar-refractivity contribution in [3.63, 3.8) is 0 Å². The van der Waals surface area contributed by atoms with Crippen LogP contribution in [-0.4, -0.2) is 36.7 Å². The Balaban J connectivity index is 2.09. The van der Waals surface area contributed by atoms with Crippen LogP contribution in [-0.2, 0) is 16.4 Å². The van der Waals surface area contributed by atoms with E-state index in [9.17, 15) is 21.6 Å². The molecule has 1 N–H and O–H groups in total. The number of alkyl halides is 3. The average molecular weight is 463 g/mol. The molecule has 0 spiro atoms. The van der Waals surface area contributed by atoms with Crippen LogP contribution in [0.15, 0.2) is 27.9 Å². The fraction of sp³-hybridized carbons (Fsp3) is 0.529. The second-order valence-electron chi connectivity index (χ2n) is 6.76. The van der Waals surface area contributed by atoms with Crippen LogP contribution in [0.2, 0.25) is 0 Å². The van der Waals surface area contributed by atoms with E-state index in [1.165, 1.54) is 11.6 Å². The minimum atomic E-state index is -5.62. The fourth-order valence-electron chi connectivity index (χ4n) is 3.41. The van der Waals surface area contributed by atoms with Crippen LogP contribution in [0.4, 0.5) is 35.4 Å². The molecule has 164 valence electrons. The first-order chi connectivity index (χ1) is 14.2. The lowest BCUT2D eigenvalue weighted by molar-refractivity contribution is -0.0429. The summed E-state index contributed by atoms with van der Waals surface area (Å²) in [6.45, 7) is 4.78. The Morgan fingerprint density at radius 3 is 2.67 bits per heavy atom. The van der Waals surface area contributed by atoms with Gasteiger partial charge in [0.15, 0.2) is 0 Å². The van der Waals surface area contributed by atoms with E-state index >= 15 is 0 Å². The maximum atomic E-state index is 13.0. The summed E-state index contributed by atoms with van der Waals surface area (Å²) in [6, 6.07) is 3.24. The van der Waals surface area contributed by atoms with Crippen LogP contribution in [0.1, 0.15) is 38.7 Å². The highest BCUT2D eigenvalue weighted by Gasteiger charge is 2.46. The number of benzene rings is 1. The zero-order valence-corrected chi connectivity index (χ0v) is 18.0. The minimum Gasteiger partial charge on any atom is -0.368 e. The van der Waals surface area contributed by atoms with Gasteiger partial charge >= 0.3 is 15.5 Å². The summed E-state index contributed by atoms with van der Waals surface area (Å²) in [5.41, 5.74) is -2.72. The SMILES string of the molecule is CCCN1c2cc(NS(=O)(=O)C(F)(F)F)c(N=Nc3nncs3)cc2CCC1CC. The molecule has 0 saturated heterocycles. The fourth-order valence-corrected chi connectivity index (χ4v) is 4.34. The highest BCUT2D eigenvalue weighted by Crippen LogP contribution is 2.41. The van der Waals surface area contributed by atoms with E-state index in [-0.39, 0.29) is 22.5 Å². The van der Waals surface area contributed by atoms with E-state index in [0.29, 0.717) is 18.7 Å². The standard InChI is InChI=1S/C17H21F3N6O2S2/c1-3-7-26-12(4-2)6-5-11-8-13(22-24-16-23-21-10-29-16)14(9-15(11)26)25-30(27,28)17(18,19)20/h8-10,12,25H,3-7H2,1-2H3. The first-order valence-corrected chi connectivity index (χ1v) is 11.7. The molecule has 1 aromatic heterocycles. The van der Waals surface area contributed by atoms with Gasteiger partial charge in [-0.15, -0.1) is 20.4 Å². The van der Waals surface area contributed by atoms with Crippen LogP contribution in [0, 0.1) is 0 Å². The predicted octanol–water partition coefficient (Wildman–Crippen LogP) is 5.16. The van der Waals surface area contributed by atoms with Crippen LogP contribution in [0.25, 0.3) is 0 Å². The molecule has 1 aliphatic rings. The molecule has 30 heavy (non-hydrogen) atoms. The van der Waals surface area contributed by atoms with Crippen molar-refractivity contribution in [2.75, 3.05) is 16.2 Å². The normalized spacial score (nSPS) is 17.4. The van der Waals surface area contributed by atoms with E-state index in [1.54, 1.807) is 10.8 Å². The van der Waals surface area contributed by atoms with Crippen LogP contribution in [0.3, 0.4) is 0 Å². The average Bonchev–Trinajstić information content (AvgIpc) is 3.19. The van der Waals surface area contributed by atoms with Gasteiger partial charge in [0.2, 0.25) is 0 Å². The Morgan fingerprint density at radius 1 is 1.30 bits per heavy atom. The zero-order chi connectivity index (χ0) is 21.9. The third-order valence-corrected chi connectivity index (χ3v) is 6.44. The number of aromatic nitrogens is 2. The maximum Gasteiger partial charge on any atom is 0.516 e. The van der Waals surface area contributed by atoms with Crippen molar-refractivity contribution in [2.45, 2.75) is 51.1 Å². The summed E-state index contributed by atoms with van der Waals surface area (Å²) in [6.07, 6.45) is 3.32. The summed E-state index contributed by atoms with van der Waals surface area (Å²) in [4.78, 5) is 2.12. The lowest BCUT2D eigenvalue weighted by Crippen LogP contribution is -2.39. The second kappa shape index (κ2) is 8.84. The van der Waals surface area contributed by atoms with Gasteiger partial charge < -0.3 is 4.90 Å². The minimum absolute atomic E-state index is 0.0110. The van der Waals surface area contributed by atoms with Crippen molar-refractivity contribution in [2.24, 2.45) is 10.2 Å². The first kappa shape index (κ1) is 22.4. The Hall–Kier alpha value is -2.28. The molecule has 2 heterocycles. The molecule has 1 aliphatic heterocycles. The summed E-state index contributed by atoms with van der Waals surface area (Å²) in [5, 5.41) is 15.3. The van der Waals surface area contributed by atoms with Gasteiger partial charge in [-0.25, -0.2) is 0 Å². The highest BCUT2D eigenvalue weighted by molar-refractivity contribution is 7.93. The van der Waals surface area contributed by atoms with Crippen LogP contribution < -0.4 is 9.62 Å². The number of fused-ring (bicyclic) bond motifs is 1. The zero-order valence-electron chi connectivity index (χ0n) is 16.3. The number of sulfonamides is 1. The van der Waals surface area contributed by atoms with E-state index in [1.807, 2.05) is 6.92 Å². The molecule has 13 heteroatoms. The lowest BCUT2D eigenvalue weighted by Gasteiger charge is -2.39. The molecule has 1 aromatic carbocycles. The maximum absolute atomic E-state index is 13.0. The van der Waals surface area contributed by atoms with Crippen LogP contribution >= 0.6 is 11.3 Å². The summed E-state index contributed by atoms with van der Waals surface area (Å²) >= 11 is 1.09. The van der Waals surface area contributed by atoms with E-state index in [4.69, 9.17) is 0 Å². The van der Waals surface area contributed by atoms with Crippen molar-refractivity contribution in [3.8, 4) is 0 Å². The molecule has 1 unspecified atom stereocenters. The third-order valence-electron chi connectivity index (χ3n) is 4.77. The highest BCUT2D eigenvalue weighted by atomic mass is 32.2. The first-order valence-electron chi connectivity index (χ1n) is 9.36. The van der Waals surface area contributed by atoms with Gasteiger partial charge in [-0.2, -0.15) is 21.6 Å². The Bertz CT molecular complexity index is 1010. The quantitative estimate of drug-likeness (QED) is 0.573. The van der Waals surface area contributed by atoms with E-state index in [0.717, 1.165) is 36.2 Å². The number of azo groups is 1. The summed E-state index contributed by atoms with van der Waals surface area (Å²) < 4.78 is 64.1. The third kappa shape index (κ3) is 4.72. The summed E-state index contributed by atoms with van der Waals surface area (Å²) in [7, 11) is -5.62. The number of hydrogen-bond donors (Lipinski definition) is 1. The van der Waals surface area contributed by atoms with Gasteiger partial charge in [-0.3, -0.25) is 4.72 Å². The Kier molecular flexibility index (Phi) is 6.60. The number of nitrogens with zero attached hydrogens (tertiary/aromatic N) is 5. The molecule has 0 aliphatic carbocycles. The van der Waals surface area contributed by atoms with E-state index in [2.05, 4.69) is 32.2 Å². The largest absolute Gasteiger partial charge is 0.516 e. The molecule has 0 bridgehead atoms. The van der Waals surface area contributed by atoms with Gasteiger partial charge in [-0.05, 0) is 43.4 Å². The molecule has 0 amide bonds. The smallest absolute Gasteiger partial charge is 0.368 e. The number of anilines is 2. The number of nitrogens with one attached hydrogen (secondary N) is 1. The van der Waals surface area contributed by atoms with E-state index < -0.39 is 15.5 Å². The Morgan fingerprint density at radius 2 is 2.07 bits per heavy atom. The van der Waals surface area contributed by atoms with Crippen LogP contribution in [0.5, 0.6) is 0 Å². The lowest BCUT2D eigenvalue weighted by atomic mass is 9.93. The van der Waals surface area contributed by atoms with Gasteiger partial charge in [0.1, 0.15) is 11.2 Å². The van der Waals surface area contributed by atoms with Gasteiger partial charge in [-0.1, -0.05) is 25.2 Å². The number of rotatable bonds is 7. The molecular formula is C17H21F3N6O2S2. The number of halogens is 3. The van der Waals surface area contributed by atoms with Crippen molar-refractivity contribution in [1.29, 1.82) is 0 Å². The summed E-state index contributed by atoms with van der Waals surface area (Å²) in [5.74, 6) is 0. The number of aryl methyl sites for hydroxylation is 1. The molecular weight excluding hydrogens is 441 g/mol. The topological polar surface area (TPSA) is 99.9 Å². The van der Waals surface area contributed by atoms with Crippen molar-refractivity contribution in [3.05, 3.63) is 23.2 Å². The van der Waals surface area contributed by atoms with Crippen molar-refractivity contribution < 1.29 is 21.6 Å².